The Morgan fingerprint density at radius 1 is 1.29 bits per heavy atom. The Labute approximate surface area is 103 Å². The normalized spacial score (nSPS) is 12.6. The maximum atomic E-state index is 12.7. The number of ether oxygens (including phenoxy) is 1. The average Bonchev–Trinajstić information content (AvgIpc) is 2.32. The standard InChI is InChI=1S/C14H22FNO/c1-3-17-10-4-9-16-12(2)11-13-5-7-14(15)8-6-13/h5-8,12,16H,3-4,9-11H2,1-2H3. The third kappa shape index (κ3) is 6.39. The first-order valence-electron chi connectivity index (χ1n) is 6.28. The van der Waals surface area contributed by atoms with Gasteiger partial charge in [0.15, 0.2) is 0 Å². The van der Waals surface area contributed by atoms with Gasteiger partial charge in [0, 0.05) is 19.3 Å². The zero-order valence-corrected chi connectivity index (χ0v) is 10.7. The summed E-state index contributed by atoms with van der Waals surface area (Å²) < 4.78 is 18.0. The molecule has 1 rings (SSSR count). The van der Waals surface area contributed by atoms with E-state index in [1.54, 1.807) is 0 Å². The summed E-state index contributed by atoms with van der Waals surface area (Å²) in [7, 11) is 0. The van der Waals surface area contributed by atoms with Crippen LogP contribution in [0.4, 0.5) is 4.39 Å². The zero-order valence-electron chi connectivity index (χ0n) is 10.7. The van der Waals surface area contributed by atoms with Gasteiger partial charge in [0.05, 0.1) is 0 Å². The van der Waals surface area contributed by atoms with Gasteiger partial charge >= 0.3 is 0 Å². The van der Waals surface area contributed by atoms with Gasteiger partial charge in [-0.2, -0.15) is 0 Å². The second kappa shape index (κ2) is 8.20. The van der Waals surface area contributed by atoms with Crippen LogP contribution in [0.1, 0.15) is 25.8 Å². The van der Waals surface area contributed by atoms with E-state index in [1.807, 2.05) is 19.1 Å². The summed E-state index contributed by atoms with van der Waals surface area (Å²) in [6, 6.07) is 7.11. The number of hydrogen-bond acceptors (Lipinski definition) is 2. The molecule has 3 heteroatoms. The predicted molar refractivity (Wildman–Crippen MR) is 68.7 cm³/mol. The quantitative estimate of drug-likeness (QED) is 0.704. The van der Waals surface area contributed by atoms with E-state index in [1.165, 1.54) is 12.1 Å². The summed E-state index contributed by atoms with van der Waals surface area (Å²) in [6.45, 7) is 6.70. The highest BCUT2D eigenvalue weighted by Gasteiger charge is 2.02. The molecule has 0 aliphatic rings. The molecule has 0 fully saturated rings. The molecule has 0 amide bonds. The van der Waals surface area contributed by atoms with Crippen LogP contribution in [-0.4, -0.2) is 25.8 Å². The number of halogens is 1. The van der Waals surface area contributed by atoms with Gasteiger partial charge in [0.25, 0.3) is 0 Å². The fourth-order valence-corrected chi connectivity index (χ4v) is 1.71. The van der Waals surface area contributed by atoms with Crippen molar-refractivity contribution in [2.75, 3.05) is 19.8 Å². The van der Waals surface area contributed by atoms with Gasteiger partial charge < -0.3 is 10.1 Å². The molecular weight excluding hydrogens is 217 g/mol. The lowest BCUT2D eigenvalue weighted by Gasteiger charge is -2.13. The SMILES string of the molecule is CCOCCCNC(C)Cc1ccc(F)cc1. The summed E-state index contributed by atoms with van der Waals surface area (Å²) >= 11 is 0. The Morgan fingerprint density at radius 2 is 2.00 bits per heavy atom. The molecule has 96 valence electrons. The summed E-state index contributed by atoms with van der Waals surface area (Å²) in [5, 5.41) is 3.43. The van der Waals surface area contributed by atoms with E-state index < -0.39 is 0 Å². The lowest BCUT2D eigenvalue weighted by molar-refractivity contribution is 0.144. The summed E-state index contributed by atoms with van der Waals surface area (Å²) in [5.74, 6) is -0.175. The zero-order chi connectivity index (χ0) is 12.5. The van der Waals surface area contributed by atoms with E-state index in [0.29, 0.717) is 6.04 Å². The van der Waals surface area contributed by atoms with Crippen molar-refractivity contribution in [3.63, 3.8) is 0 Å². The molecule has 0 spiro atoms. The molecule has 0 aromatic heterocycles. The van der Waals surface area contributed by atoms with Gasteiger partial charge in [-0.05, 0) is 50.9 Å². The Hall–Kier alpha value is -0.930. The van der Waals surface area contributed by atoms with E-state index in [9.17, 15) is 4.39 Å². The molecule has 0 bridgehead atoms. The van der Waals surface area contributed by atoms with Crippen molar-refractivity contribution in [3.8, 4) is 0 Å². The third-order valence-corrected chi connectivity index (χ3v) is 2.62. The van der Waals surface area contributed by atoms with Crippen molar-refractivity contribution < 1.29 is 9.13 Å². The smallest absolute Gasteiger partial charge is 0.123 e. The van der Waals surface area contributed by atoms with Crippen LogP contribution in [0, 0.1) is 5.82 Å². The fraction of sp³-hybridized carbons (Fsp3) is 0.571. The molecule has 0 radical (unpaired) electrons. The molecule has 0 aliphatic carbocycles. The van der Waals surface area contributed by atoms with Crippen LogP contribution in [0.3, 0.4) is 0 Å². The summed E-state index contributed by atoms with van der Waals surface area (Å²) in [5.41, 5.74) is 1.16. The van der Waals surface area contributed by atoms with Crippen LogP contribution in [0.25, 0.3) is 0 Å². The molecule has 17 heavy (non-hydrogen) atoms. The maximum Gasteiger partial charge on any atom is 0.123 e. The molecule has 2 nitrogen and oxygen atoms in total. The Bertz CT molecular complexity index is 300. The minimum atomic E-state index is -0.175. The highest BCUT2D eigenvalue weighted by molar-refractivity contribution is 5.16. The van der Waals surface area contributed by atoms with Gasteiger partial charge in [-0.3, -0.25) is 0 Å². The number of nitrogens with one attached hydrogen (secondary N) is 1. The van der Waals surface area contributed by atoms with Crippen LogP contribution in [-0.2, 0) is 11.2 Å². The van der Waals surface area contributed by atoms with Crippen molar-refractivity contribution in [3.05, 3.63) is 35.6 Å². The second-order valence-electron chi connectivity index (χ2n) is 4.24. The molecule has 0 saturated carbocycles. The largest absolute Gasteiger partial charge is 0.382 e. The average molecular weight is 239 g/mol. The lowest BCUT2D eigenvalue weighted by Crippen LogP contribution is -2.29. The Morgan fingerprint density at radius 3 is 2.65 bits per heavy atom. The molecule has 0 heterocycles. The van der Waals surface area contributed by atoms with Gasteiger partial charge in [0.1, 0.15) is 5.82 Å². The number of rotatable bonds is 8. The van der Waals surface area contributed by atoms with Gasteiger partial charge in [-0.25, -0.2) is 4.39 Å². The first-order valence-corrected chi connectivity index (χ1v) is 6.28. The molecule has 1 atom stereocenters. The third-order valence-electron chi connectivity index (χ3n) is 2.62. The highest BCUT2D eigenvalue weighted by Crippen LogP contribution is 2.05. The van der Waals surface area contributed by atoms with Gasteiger partial charge in [-0.15, -0.1) is 0 Å². The first kappa shape index (κ1) is 14.1. The molecule has 1 aromatic rings. The molecule has 1 unspecified atom stereocenters. The summed E-state index contributed by atoms with van der Waals surface area (Å²) in [6.07, 6.45) is 1.95. The summed E-state index contributed by atoms with van der Waals surface area (Å²) in [4.78, 5) is 0. The topological polar surface area (TPSA) is 21.3 Å². The molecule has 0 saturated heterocycles. The Kier molecular flexibility index (Phi) is 6.82. The van der Waals surface area contributed by atoms with E-state index in [-0.39, 0.29) is 5.82 Å². The van der Waals surface area contributed by atoms with E-state index in [0.717, 1.165) is 38.2 Å². The van der Waals surface area contributed by atoms with Crippen molar-refractivity contribution >= 4 is 0 Å². The minimum Gasteiger partial charge on any atom is -0.382 e. The van der Waals surface area contributed by atoms with Crippen molar-refractivity contribution in [2.45, 2.75) is 32.7 Å². The molecule has 0 aliphatic heterocycles. The van der Waals surface area contributed by atoms with Crippen molar-refractivity contribution in [1.82, 2.24) is 5.32 Å². The first-order chi connectivity index (χ1) is 8.22. The van der Waals surface area contributed by atoms with E-state index in [2.05, 4.69) is 12.2 Å². The van der Waals surface area contributed by atoms with Crippen LogP contribution >= 0.6 is 0 Å². The number of hydrogen-bond donors (Lipinski definition) is 1. The predicted octanol–water partition coefficient (Wildman–Crippen LogP) is 2.77. The number of benzene rings is 1. The lowest BCUT2D eigenvalue weighted by atomic mass is 10.1. The monoisotopic (exact) mass is 239 g/mol. The van der Waals surface area contributed by atoms with Gasteiger partial charge in [0.2, 0.25) is 0 Å². The van der Waals surface area contributed by atoms with E-state index in [4.69, 9.17) is 4.74 Å². The van der Waals surface area contributed by atoms with Crippen LogP contribution < -0.4 is 5.32 Å². The van der Waals surface area contributed by atoms with Crippen molar-refractivity contribution in [2.24, 2.45) is 0 Å². The second-order valence-corrected chi connectivity index (χ2v) is 4.24. The van der Waals surface area contributed by atoms with Crippen LogP contribution in [0.5, 0.6) is 0 Å². The van der Waals surface area contributed by atoms with Crippen LogP contribution in [0.15, 0.2) is 24.3 Å². The molecule has 1 aromatic carbocycles. The Balaban J connectivity index is 2.16. The van der Waals surface area contributed by atoms with Gasteiger partial charge in [-0.1, -0.05) is 12.1 Å². The van der Waals surface area contributed by atoms with Crippen molar-refractivity contribution in [1.29, 1.82) is 0 Å². The fourth-order valence-electron chi connectivity index (χ4n) is 1.71. The highest BCUT2D eigenvalue weighted by atomic mass is 19.1. The maximum absolute atomic E-state index is 12.7. The molecule has 1 N–H and O–H groups in total. The van der Waals surface area contributed by atoms with E-state index >= 15 is 0 Å². The van der Waals surface area contributed by atoms with Crippen LogP contribution in [0.2, 0.25) is 0 Å². The minimum absolute atomic E-state index is 0.175. The molecular formula is C14H22FNO.